The van der Waals surface area contributed by atoms with E-state index in [0.717, 1.165) is 62.8 Å². The first-order valence-electron chi connectivity index (χ1n) is 16.8. The fraction of sp³-hybridized carbons (Fsp3) is 0.500. The normalized spacial score (nSPS) is 25.2. The zero-order valence-electron chi connectivity index (χ0n) is 27.6. The Morgan fingerprint density at radius 1 is 1.24 bits per heavy atom. The Morgan fingerprint density at radius 3 is 2.84 bits per heavy atom. The molecule has 0 spiro atoms. The van der Waals surface area contributed by atoms with E-state index in [4.69, 9.17) is 31.8 Å². The van der Waals surface area contributed by atoms with E-state index in [-0.39, 0.29) is 71.6 Å². The Labute approximate surface area is 297 Å². The zero-order chi connectivity index (χ0) is 35.1. The van der Waals surface area contributed by atoms with Crippen LogP contribution in [0.2, 0.25) is 5.02 Å². The van der Waals surface area contributed by atoms with Gasteiger partial charge in [-0.15, -0.1) is 11.3 Å². The minimum Gasteiger partial charge on any atom is -0.489 e. The van der Waals surface area contributed by atoms with Crippen LogP contribution in [-0.2, 0) is 10.0 Å². The predicted molar refractivity (Wildman–Crippen MR) is 189 cm³/mol. The lowest BCUT2D eigenvalue weighted by molar-refractivity contribution is 0.107. The van der Waals surface area contributed by atoms with Crippen molar-refractivity contribution < 1.29 is 26.7 Å². The first kappa shape index (κ1) is 33.6. The van der Waals surface area contributed by atoms with Gasteiger partial charge in [0.05, 0.1) is 38.5 Å². The number of nitrogens with one attached hydrogen (secondary N) is 1. The van der Waals surface area contributed by atoms with Crippen LogP contribution in [0.5, 0.6) is 11.8 Å². The summed E-state index contributed by atoms with van der Waals surface area (Å²) in [6.45, 7) is 5.03. The van der Waals surface area contributed by atoms with Gasteiger partial charge in [-0.1, -0.05) is 31.0 Å². The summed E-state index contributed by atoms with van der Waals surface area (Å²) in [4.78, 5) is 14.0. The Kier molecular flexibility index (Phi) is 8.26. The number of nitrogen functional groups attached to an aromatic ring is 1. The molecular formula is C34H36ClF2N7O4S2. The second kappa shape index (κ2) is 12.3. The van der Waals surface area contributed by atoms with Crippen LogP contribution in [0.25, 0.3) is 32.1 Å². The van der Waals surface area contributed by atoms with Gasteiger partial charge in [-0.25, -0.2) is 21.9 Å². The third-order valence-electron chi connectivity index (χ3n) is 10.7. The maximum absolute atomic E-state index is 17.3. The van der Waals surface area contributed by atoms with Crippen molar-refractivity contribution in [2.75, 3.05) is 49.7 Å². The number of benzene rings is 2. The van der Waals surface area contributed by atoms with Gasteiger partial charge in [0.25, 0.3) is 0 Å². The molecule has 3 N–H and O–H groups in total. The predicted octanol–water partition coefficient (Wildman–Crippen LogP) is 5.82. The topological polar surface area (TPSA) is 147 Å². The average molecular weight is 744 g/mol. The van der Waals surface area contributed by atoms with E-state index < -0.39 is 33.7 Å². The van der Waals surface area contributed by atoms with Crippen LogP contribution in [0, 0.1) is 28.9 Å². The van der Waals surface area contributed by atoms with Gasteiger partial charge >= 0.3 is 6.01 Å². The van der Waals surface area contributed by atoms with Gasteiger partial charge in [0, 0.05) is 30.1 Å². The number of halogens is 3. The van der Waals surface area contributed by atoms with Gasteiger partial charge in [-0.3, -0.25) is 4.90 Å². The molecule has 3 unspecified atom stereocenters. The van der Waals surface area contributed by atoms with Crippen LogP contribution in [-0.4, -0.2) is 80.0 Å². The van der Waals surface area contributed by atoms with E-state index in [9.17, 15) is 13.7 Å². The number of rotatable bonds is 6. The van der Waals surface area contributed by atoms with Gasteiger partial charge in [0.1, 0.15) is 41.4 Å². The Balaban J connectivity index is 1.35. The summed E-state index contributed by atoms with van der Waals surface area (Å²) in [5, 5.41) is 10.3. The highest BCUT2D eigenvalue weighted by Gasteiger charge is 2.48. The molecule has 11 nitrogen and oxygen atoms in total. The molecule has 0 radical (unpaired) electrons. The van der Waals surface area contributed by atoms with Crippen LogP contribution in [0.15, 0.2) is 12.1 Å². The fourth-order valence-electron chi connectivity index (χ4n) is 8.68. The van der Waals surface area contributed by atoms with Crippen molar-refractivity contribution in [3.8, 4) is 29.0 Å². The molecule has 6 heterocycles. The molecular weight excluding hydrogens is 708 g/mol. The van der Waals surface area contributed by atoms with E-state index in [0.29, 0.717) is 31.3 Å². The maximum Gasteiger partial charge on any atom is 0.319 e. The number of hydrogen-bond donors (Lipinski definition) is 2. The van der Waals surface area contributed by atoms with E-state index in [1.165, 1.54) is 12.1 Å². The molecule has 0 amide bonds. The van der Waals surface area contributed by atoms with Crippen molar-refractivity contribution in [2.24, 2.45) is 5.92 Å². The highest BCUT2D eigenvalue weighted by atomic mass is 35.5. The average Bonchev–Trinajstić information content (AvgIpc) is 3.61. The molecule has 16 heteroatoms. The standard InChI is InChI=1S/C34H36ClF2N7O4S2/c1-17-12-34(9-5-10-43(34)14-17)16-48-33-40-28-25-29(47-15-22-21(42-50(2,45)46)6-3-4-11-44(22)32(25)41-33)26(35)24(27(28)37)18-7-8-20(36)30-23(18)19(13-38)31(39)49-30/h7-8,17,21-22,42H,3-6,9-12,14-16,39H2,1-2H3/t17-,21?,22?,34?/m1/s1. The Bertz CT molecular complexity index is 2210. The summed E-state index contributed by atoms with van der Waals surface area (Å²) < 4.78 is 73.1. The summed E-state index contributed by atoms with van der Waals surface area (Å²) >= 11 is 7.99. The number of nitriles is 1. The second-order valence-electron chi connectivity index (χ2n) is 14.1. The van der Waals surface area contributed by atoms with Gasteiger partial charge in [-0.2, -0.15) is 15.2 Å². The molecule has 4 aliphatic rings. The zero-order valence-corrected chi connectivity index (χ0v) is 30.0. The van der Waals surface area contributed by atoms with E-state index in [1.54, 1.807) is 0 Å². The highest BCUT2D eigenvalue weighted by Crippen LogP contribution is 2.51. The number of anilines is 2. The quantitative estimate of drug-likeness (QED) is 0.248. The summed E-state index contributed by atoms with van der Waals surface area (Å²) in [6, 6.07) is 3.52. The molecule has 264 valence electrons. The summed E-state index contributed by atoms with van der Waals surface area (Å²) in [5.41, 5.74) is 5.90. The highest BCUT2D eigenvalue weighted by molar-refractivity contribution is 7.88. The summed E-state index contributed by atoms with van der Waals surface area (Å²) in [6.07, 6.45) is 6.16. The molecule has 0 saturated carbocycles. The summed E-state index contributed by atoms with van der Waals surface area (Å²) in [7, 11) is -3.59. The molecule has 4 aliphatic heterocycles. The smallest absolute Gasteiger partial charge is 0.319 e. The Morgan fingerprint density at radius 2 is 2.06 bits per heavy atom. The third kappa shape index (κ3) is 5.42. The molecule has 0 aliphatic carbocycles. The molecule has 0 bridgehead atoms. The SMILES string of the molecule is C[C@H]1CN2CCCC2(COc2nc3c4c(c(Cl)c(-c5ccc(F)c6sc(N)c(C#N)c56)c(F)c4n2)OCC2C(NS(C)(=O)=O)CCCCN32)C1. The lowest BCUT2D eigenvalue weighted by Gasteiger charge is -2.34. The van der Waals surface area contributed by atoms with Crippen LogP contribution in [0.3, 0.4) is 0 Å². The number of ether oxygens (including phenoxy) is 2. The minimum absolute atomic E-state index is 0.00324. The number of hydrogen-bond acceptors (Lipinski definition) is 11. The second-order valence-corrected chi connectivity index (χ2v) is 17.3. The van der Waals surface area contributed by atoms with Crippen LogP contribution in [0.1, 0.15) is 51.0 Å². The lowest BCUT2D eigenvalue weighted by Crippen LogP contribution is -2.53. The van der Waals surface area contributed by atoms with Gasteiger partial charge in [0.15, 0.2) is 11.6 Å². The van der Waals surface area contributed by atoms with Crippen molar-refractivity contribution in [3.63, 3.8) is 0 Å². The van der Waals surface area contributed by atoms with Crippen molar-refractivity contribution in [3.05, 3.63) is 34.4 Å². The van der Waals surface area contributed by atoms with E-state index >= 15 is 8.78 Å². The van der Waals surface area contributed by atoms with Gasteiger partial charge in [0.2, 0.25) is 10.0 Å². The molecule has 4 atom stereocenters. The Hall–Kier alpha value is -3.55. The van der Waals surface area contributed by atoms with Crippen LogP contribution in [0.4, 0.5) is 19.6 Å². The summed E-state index contributed by atoms with van der Waals surface area (Å²) in [5.74, 6) is -0.471. The molecule has 3 saturated heterocycles. The number of nitrogens with zero attached hydrogens (tertiary/aromatic N) is 5. The number of aromatic nitrogens is 2. The number of thiophene rings is 1. The van der Waals surface area contributed by atoms with Crippen molar-refractivity contribution >= 4 is 64.8 Å². The fourth-order valence-corrected chi connectivity index (χ4v) is 10.8. The number of nitrogens with two attached hydrogens (primary N) is 1. The molecule has 2 aromatic heterocycles. The van der Waals surface area contributed by atoms with E-state index in [1.807, 2.05) is 11.0 Å². The van der Waals surface area contributed by atoms with Crippen molar-refractivity contribution in [1.82, 2.24) is 19.6 Å². The molecule has 2 aromatic carbocycles. The number of sulfonamides is 1. The molecule has 3 fully saturated rings. The third-order valence-corrected chi connectivity index (χ3v) is 12.8. The molecule has 50 heavy (non-hydrogen) atoms. The van der Waals surface area contributed by atoms with Crippen molar-refractivity contribution in [2.45, 2.75) is 63.1 Å². The molecule has 4 aromatic rings. The van der Waals surface area contributed by atoms with Crippen LogP contribution < -0.4 is 24.8 Å². The largest absolute Gasteiger partial charge is 0.489 e. The lowest BCUT2D eigenvalue weighted by atomic mass is 9.92. The first-order valence-corrected chi connectivity index (χ1v) is 19.9. The maximum atomic E-state index is 17.3. The van der Waals surface area contributed by atoms with Crippen LogP contribution >= 0.6 is 22.9 Å². The van der Waals surface area contributed by atoms with Crippen molar-refractivity contribution in [1.29, 1.82) is 5.26 Å². The molecule has 8 rings (SSSR count). The van der Waals surface area contributed by atoms with E-state index in [2.05, 4.69) is 21.5 Å². The monoisotopic (exact) mass is 743 g/mol. The minimum atomic E-state index is -3.59. The first-order chi connectivity index (χ1) is 23.9. The number of fused-ring (bicyclic) bond motifs is 4. The van der Waals surface area contributed by atoms with Gasteiger partial charge < -0.3 is 20.1 Å². The van der Waals surface area contributed by atoms with Gasteiger partial charge in [-0.05, 0) is 56.2 Å².